The summed E-state index contributed by atoms with van der Waals surface area (Å²) in [6.45, 7) is 4.61. The van der Waals surface area contributed by atoms with Crippen LogP contribution in [0.25, 0.3) is 0 Å². The van der Waals surface area contributed by atoms with Crippen molar-refractivity contribution >= 4 is 17.9 Å². The summed E-state index contributed by atoms with van der Waals surface area (Å²) in [4.78, 5) is 37.7. The molecule has 0 spiro atoms. The zero-order valence-electron chi connectivity index (χ0n) is 58.2. The molecule has 0 fully saturated rings. The van der Waals surface area contributed by atoms with E-state index in [1.807, 2.05) is 21.1 Å². The number of hydrogen-bond donors (Lipinski definition) is 1. The van der Waals surface area contributed by atoms with E-state index in [0.29, 0.717) is 17.4 Å². The highest BCUT2D eigenvalue weighted by molar-refractivity contribution is 5.71. The number of ether oxygens (including phenoxy) is 4. The summed E-state index contributed by atoms with van der Waals surface area (Å²) in [5.41, 5.74) is 0. The maximum atomic E-state index is 13.0. The van der Waals surface area contributed by atoms with Gasteiger partial charge < -0.3 is 28.5 Å². The Labute approximate surface area is 557 Å². The molecule has 0 radical (unpaired) electrons. The molecule has 9 nitrogen and oxygen atoms in total. The van der Waals surface area contributed by atoms with Gasteiger partial charge in [-0.15, -0.1) is 0 Å². The molecule has 0 aliphatic rings. The van der Waals surface area contributed by atoms with E-state index in [4.69, 9.17) is 18.9 Å². The van der Waals surface area contributed by atoms with Gasteiger partial charge in [-0.1, -0.05) is 285 Å². The lowest BCUT2D eigenvalue weighted by Crippen LogP contribution is -2.40. The van der Waals surface area contributed by atoms with Gasteiger partial charge in [-0.05, 0) is 141 Å². The maximum absolute atomic E-state index is 13.0. The highest BCUT2D eigenvalue weighted by atomic mass is 16.7. The second-order valence-corrected chi connectivity index (χ2v) is 24.1. The number of carbonyl (C=O) groups is 3. The van der Waals surface area contributed by atoms with Crippen molar-refractivity contribution in [3.63, 3.8) is 0 Å². The highest BCUT2D eigenvalue weighted by Gasteiger charge is 2.25. The molecule has 2 atom stereocenters. The van der Waals surface area contributed by atoms with Crippen LogP contribution in [0, 0.1) is 0 Å². The molecule has 0 heterocycles. The van der Waals surface area contributed by atoms with E-state index in [1.165, 1.54) is 51.4 Å². The van der Waals surface area contributed by atoms with Crippen molar-refractivity contribution < 1.29 is 42.9 Å². The second-order valence-electron chi connectivity index (χ2n) is 24.1. The molecule has 0 rings (SSSR count). The van der Waals surface area contributed by atoms with Crippen molar-refractivity contribution in [1.29, 1.82) is 0 Å². The van der Waals surface area contributed by atoms with Crippen molar-refractivity contribution in [2.45, 2.75) is 257 Å². The van der Waals surface area contributed by atoms with E-state index in [-0.39, 0.29) is 38.6 Å². The number of rotatable bonds is 63. The molecule has 1 N–H and O–H groups in total. The van der Waals surface area contributed by atoms with Crippen molar-refractivity contribution in [1.82, 2.24) is 0 Å². The number of hydrogen-bond acceptors (Lipinski definition) is 7. The Morgan fingerprint density at radius 2 is 0.593 bits per heavy atom. The lowest BCUT2D eigenvalue weighted by atomic mass is 10.1. The molecule has 9 heteroatoms. The zero-order valence-corrected chi connectivity index (χ0v) is 58.2. The van der Waals surface area contributed by atoms with Crippen LogP contribution < -0.4 is 0 Å². The fourth-order valence-corrected chi connectivity index (χ4v) is 8.99. The van der Waals surface area contributed by atoms with Gasteiger partial charge in [0.2, 0.25) is 0 Å². The van der Waals surface area contributed by atoms with Gasteiger partial charge >= 0.3 is 17.9 Å². The molecule has 0 aliphatic heterocycles. The lowest BCUT2D eigenvalue weighted by molar-refractivity contribution is -0.870. The SMILES string of the molecule is CC/C=C\C/C=C\C/C=C\C/C=C\C/C=C\C/C=C\C/C=C\C/C=C\C/C=C\CCCCCCCCCC(=O)OC(COC(=O)CCCCCCCCCCC/C=C\C/C=C\C/C=C\C/C=C\C/C=C\C/C=C\C/C=C\CC)COC(OCC[N+](C)(C)C)C(=O)O. The molecule has 0 amide bonds. The average Bonchev–Trinajstić information content (AvgIpc) is 3.46. The summed E-state index contributed by atoms with van der Waals surface area (Å²) in [6, 6.07) is 0. The normalized spacial score (nSPS) is 13.9. The third-order valence-corrected chi connectivity index (χ3v) is 14.3. The number of esters is 2. The van der Waals surface area contributed by atoms with E-state index in [1.54, 1.807) is 0 Å². The number of allylic oxidation sites excluding steroid dienone is 32. The Morgan fingerprint density at radius 3 is 0.879 bits per heavy atom. The molecule has 0 bridgehead atoms. The number of unbranched alkanes of at least 4 members (excludes halogenated alkanes) is 16. The smallest absolute Gasteiger partial charge is 0.361 e. The average molecular weight is 1260 g/mol. The van der Waals surface area contributed by atoms with Crippen LogP contribution in [0.4, 0.5) is 0 Å². The maximum Gasteiger partial charge on any atom is 0.361 e. The first-order valence-electron chi connectivity index (χ1n) is 35.6. The van der Waals surface area contributed by atoms with E-state index >= 15 is 0 Å². The van der Waals surface area contributed by atoms with Crippen molar-refractivity contribution in [2.75, 3.05) is 47.5 Å². The standard InChI is InChI=1S/C82H129NO8/c1-6-8-10-12-14-16-18-20-22-24-26-28-30-32-34-36-38-39-40-41-43-45-47-49-51-53-55-57-59-61-63-65-67-69-71-73-80(85)91-78(77-90-82(81(86)87)88-75-74-83(3,4)5)76-89-79(84)72-70-68-66-64-62-60-58-56-54-52-50-48-46-44-42-37-35-33-31-29-27-25-23-21-19-17-15-13-11-9-7-2/h8-11,14-17,20-23,26-29,32-35,38-39,41-44,47-50,53,55,78,82H,6-7,12-13,18-19,24-25,30-31,36-37,40,45-46,51-52,54,56-77H2,1-5H3/p+1/b10-8-,11-9-,16-14-,17-15-,22-20-,23-21-,28-26-,29-27-,34-32-,35-33-,39-38-,43-41-,44-42-,49-47-,50-48-,55-53-. The number of aliphatic carboxylic acids is 1. The molecule has 0 aromatic heterocycles. The summed E-state index contributed by atoms with van der Waals surface area (Å²) in [7, 11) is 5.96. The topological polar surface area (TPSA) is 108 Å². The van der Waals surface area contributed by atoms with E-state index in [9.17, 15) is 19.5 Å². The minimum atomic E-state index is -1.53. The van der Waals surface area contributed by atoms with Crippen LogP contribution in [0.2, 0.25) is 0 Å². The van der Waals surface area contributed by atoms with Gasteiger partial charge in [0, 0.05) is 12.8 Å². The van der Waals surface area contributed by atoms with E-state index < -0.39 is 24.3 Å². The molecule has 0 aromatic carbocycles. The van der Waals surface area contributed by atoms with Crippen LogP contribution >= 0.6 is 0 Å². The summed E-state index contributed by atoms with van der Waals surface area (Å²) >= 11 is 0. The Morgan fingerprint density at radius 1 is 0.330 bits per heavy atom. The van der Waals surface area contributed by atoms with Crippen molar-refractivity contribution in [3.05, 3.63) is 194 Å². The first-order chi connectivity index (χ1) is 44.6. The number of likely N-dealkylation sites (N-methyl/N-ethyl adjacent to an activating group) is 1. The second kappa shape index (κ2) is 70.0. The van der Waals surface area contributed by atoms with Crippen LogP contribution in [0.3, 0.4) is 0 Å². The van der Waals surface area contributed by atoms with Crippen molar-refractivity contribution in [2.24, 2.45) is 0 Å². The minimum absolute atomic E-state index is 0.173. The van der Waals surface area contributed by atoms with Gasteiger partial charge in [0.05, 0.1) is 34.4 Å². The van der Waals surface area contributed by atoms with E-state index in [0.717, 1.165) is 161 Å². The number of carboxylic acid groups (broad SMARTS) is 1. The number of carbonyl (C=O) groups excluding carboxylic acids is 2. The van der Waals surface area contributed by atoms with Gasteiger partial charge in [0.1, 0.15) is 13.2 Å². The molecule has 2 unspecified atom stereocenters. The molecular weight excluding hydrogens is 1130 g/mol. The molecule has 0 aromatic rings. The Hall–Kier alpha value is -5.87. The van der Waals surface area contributed by atoms with Gasteiger partial charge in [-0.3, -0.25) is 9.59 Å². The number of carboxylic acids is 1. The third-order valence-electron chi connectivity index (χ3n) is 14.3. The fraction of sp³-hybridized carbons (Fsp3) is 0.573. The van der Waals surface area contributed by atoms with Gasteiger partial charge in [0.25, 0.3) is 6.29 Å². The monoisotopic (exact) mass is 1260 g/mol. The van der Waals surface area contributed by atoms with Gasteiger partial charge in [0.15, 0.2) is 6.10 Å². The molecule has 510 valence electrons. The van der Waals surface area contributed by atoms with Crippen LogP contribution in [-0.2, 0) is 33.3 Å². The van der Waals surface area contributed by atoms with E-state index in [2.05, 4.69) is 208 Å². The van der Waals surface area contributed by atoms with Gasteiger partial charge in [-0.2, -0.15) is 0 Å². The predicted molar refractivity (Wildman–Crippen MR) is 391 cm³/mol. The number of nitrogens with zero attached hydrogens (tertiary/aromatic N) is 1. The zero-order chi connectivity index (χ0) is 66.1. The van der Waals surface area contributed by atoms with Gasteiger partial charge in [-0.25, -0.2) is 4.79 Å². The quantitative estimate of drug-likeness (QED) is 0.0211. The molecule has 0 aliphatic carbocycles. The first-order valence-corrected chi connectivity index (χ1v) is 35.6. The molecule has 0 saturated carbocycles. The summed E-state index contributed by atoms with van der Waals surface area (Å²) in [5, 5.41) is 9.75. The third kappa shape index (κ3) is 71.4. The Kier molecular flexibility index (Phi) is 65.5. The van der Waals surface area contributed by atoms with Crippen LogP contribution in [0.5, 0.6) is 0 Å². The fourth-order valence-electron chi connectivity index (χ4n) is 8.99. The van der Waals surface area contributed by atoms with Crippen molar-refractivity contribution in [3.8, 4) is 0 Å². The van der Waals surface area contributed by atoms with Crippen LogP contribution in [0.15, 0.2) is 194 Å². The lowest BCUT2D eigenvalue weighted by Gasteiger charge is -2.25. The van der Waals surface area contributed by atoms with Crippen LogP contribution in [-0.4, -0.2) is 87.4 Å². The first kappa shape index (κ1) is 85.1. The Balaban J connectivity index is 4.24. The molecule has 0 saturated heterocycles. The summed E-state index contributed by atoms with van der Waals surface area (Å²) in [5.74, 6) is -2.05. The number of quaternary nitrogens is 1. The highest BCUT2D eigenvalue weighted by Crippen LogP contribution is 2.15. The Bertz CT molecular complexity index is 2200. The molecule has 91 heavy (non-hydrogen) atoms. The van der Waals surface area contributed by atoms with Crippen LogP contribution in [0.1, 0.15) is 245 Å². The predicted octanol–water partition coefficient (Wildman–Crippen LogP) is 22.6. The summed E-state index contributed by atoms with van der Waals surface area (Å²) in [6.07, 6.45) is 105. The summed E-state index contributed by atoms with van der Waals surface area (Å²) < 4.78 is 23.0. The molecular formula is C82H130NO8+. The largest absolute Gasteiger partial charge is 0.477 e. The minimum Gasteiger partial charge on any atom is -0.477 e.